The van der Waals surface area contributed by atoms with Gasteiger partial charge >= 0.3 is 6.18 Å². The van der Waals surface area contributed by atoms with Gasteiger partial charge in [0.2, 0.25) is 0 Å². The molecule has 0 N–H and O–H groups in total. The maximum Gasteiger partial charge on any atom is 0.419 e. The average Bonchev–Trinajstić information content (AvgIpc) is 2.97. The summed E-state index contributed by atoms with van der Waals surface area (Å²) in [5, 5.41) is 0. The van der Waals surface area contributed by atoms with Crippen molar-refractivity contribution in [3.05, 3.63) is 113 Å². The van der Waals surface area contributed by atoms with Crippen LogP contribution in [0.25, 0.3) is 11.1 Å². The highest BCUT2D eigenvalue weighted by Crippen LogP contribution is 2.42. The van der Waals surface area contributed by atoms with E-state index in [-0.39, 0.29) is 17.2 Å². The SMILES string of the molecule is O=S(=O)(Cc1ccc(-c2ccc3c(c2)CCC2(CCN(c4cccc(C(F)(F)F)c4F)CC2)O3)cc1)Cc1ccccn1. The molecule has 2 aliphatic rings. The van der Waals surface area contributed by atoms with Gasteiger partial charge in [0.1, 0.15) is 11.4 Å². The second kappa shape index (κ2) is 11.3. The van der Waals surface area contributed by atoms with Gasteiger partial charge < -0.3 is 9.64 Å². The maximum absolute atomic E-state index is 14.7. The van der Waals surface area contributed by atoms with Crippen LogP contribution in [0.4, 0.5) is 23.2 Å². The predicted octanol–water partition coefficient (Wildman–Crippen LogP) is 7.39. The van der Waals surface area contributed by atoms with E-state index in [2.05, 4.69) is 11.1 Å². The van der Waals surface area contributed by atoms with Gasteiger partial charge in [0.05, 0.1) is 28.5 Å². The molecule has 4 aromatic rings. The average molecular weight is 611 g/mol. The van der Waals surface area contributed by atoms with Crippen molar-refractivity contribution in [2.75, 3.05) is 18.0 Å². The summed E-state index contributed by atoms with van der Waals surface area (Å²) in [7, 11) is -3.37. The third-order valence-electron chi connectivity index (χ3n) is 8.30. The number of anilines is 1. The molecule has 0 atom stereocenters. The summed E-state index contributed by atoms with van der Waals surface area (Å²) < 4.78 is 86.1. The topological polar surface area (TPSA) is 59.5 Å². The van der Waals surface area contributed by atoms with E-state index in [0.29, 0.717) is 37.2 Å². The standard InChI is InChI=1S/C33H30F4N2O3S/c34-31-28(33(35,36)37)5-3-6-29(31)39-18-15-32(16-19-39)14-13-26-20-25(11-12-30(26)42-32)24-9-7-23(8-10-24)21-43(40,41)22-27-4-1-2-17-38-27/h1-12,17,20H,13-16,18-19,21-22H2. The Morgan fingerprint density at radius 2 is 1.60 bits per heavy atom. The van der Waals surface area contributed by atoms with Gasteiger partial charge in [-0.2, -0.15) is 13.2 Å². The van der Waals surface area contributed by atoms with Crippen LogP contribution in [0.1, 0.15) is 41.6 Å². The van der Waals surface area contributed by atoms with Crippen molar-refractivity contribution in [1.29, 1.82) is 0 Å². The smallest absolute Gasteiger partial charge is 0.419 e. The molecule has 1 aromatic heterocycles. The van der Waals surface area contributed by atoms with Gasteiger partial charge in [0.15, 0.2) is 15.7 Å². The van der Waals surface area contributed by atoms with Crippen LogP contribution in [0.5, 0.6) is 5.75 Å². The van der Waals surface area contributed by atoms with Crippen LogP contribution >= 0.6 is 0 Å². The van der Waals surface area contributed by atoms with Gasteiger partial charge in [0.25, 0.3) is 0 Å². The largest absolute Gasteiger partial charge is 0.487 e. The number of pyridine rings is 1. The first-order valence-corrected chi connectivity index (χ1v) is 15.9. The summed E-state index contributed by atoms with van der Waals surface area (Å²) in [6, 6.07) is 22.1. The highest BCUT2D eigenvalue weighted by molar-refractivity contribution is 7.89. The molecule has 0 bridgehead atoms. The summed E-state index contributed by atoms with van der Waals surface area (Å²) in [5.41, 5.74) is 2.54. The second-order valence-electron chi connectivity index (χ2n) is 11.3. The minimum atomic E-state index is -4.74. The minimum Gasteiger partial charge on any atom is -0.487 e. The molecule has 1 saturated heterocycles. The zero-order valence-electron chi connectivity index (χ0n) is 23.3. The van der Waals surface area contributed by atoms with E-state index in [4.69, 9.17) is 4.74 Å². The maximum atomic E-state index is 14.7. The van der Waals surface area contributed by atoms with Gasteiger partial charge in [0, 0.05) is 32.1 Å². The number of rotatable bonds is 6. The molecule has 1 fully saturated rings. The van der Waals surface area contributed by atoms with E-state index < -0.39 is 33.0 Å². The molecule has 0 aliphatic carbocycles. The van der Waals surface area contributed by atoms with Gasteiger partial charge in [-0.25, -0.2) is 12.8 Å². The fraction of sp³-hybridized carbons (Fsp3) is 0.303. The van der Waals surface area contributed by atoms with Gasteiger partial charge in [-0.05, 0) is 71.5 Å². The molecular weight excluding hydrogens is 580 g/mol. The van der Waals surface area contributed by atoms with Crippen LogP contribution in [0.15, 0.2) is 85.1 Å². The third kappa shape index (κ3) is 6.39. The number of sulfone groups is 1. The number of fused-ring (bicyclic) bond motifs is 1. The van der Waals surface area contributed by atoms with E-state index >= 15 is 0 Å². The number of benzene rings is 3. The van der Waals surface area contributed by atoms with Crippen molar-refractivity contribution in [3.63, 3.8) is 0 Å². The van der Waals surface area contributed by atoms with Crippen LogP contribution in [-0.4, -0.2) is 32.1 Å². The van der Waals surface area contributed by atoms with Gasteiger partial charge in [-0.15, -0.1) is 0 Å². The Labute approximate surface area is 248 Å². The molecule has 0 radical (unpaired) electrons. The van der Waals surface area contributed by atoms with E-state index in [1.54, 1.807) is 29.3 Å². The Morgan fingerprint density at radius 1 is 0.860 bits per heavy atom. The number of alkyl halides is 3. The number of aryl methyl sites for hydroxylation is 1. The fourth-order valence-corrected chi connectivity index (χ4v) is 7.42. The first-order chi connectivity index (χ1) is 20.5. The van der Waals surface area contributed by atoms with Gasteiger partial charge in [-0.3, -0.25) is 4.98 Å². The second-order valence-corrected chi connectivity index (χ2v) is 13.3. The van der Waals surface area contributed by atoms with Crippen molar-refractivity contribution in [2.24, 2.45) is 0 Å². The summed E-state index contributed by atoms with van der Waals surface area (Å²) in [4.78, 5) is 5.78. The Kier molecular flexibility index (Phi) is 7.66. The number of ether oxygens (including phenoxy) is 1. The number of aromatic nitrogens is 1. The van der Waals surface area contributed by atoms with Crippen molar-refractivity contribution in [2.45, 2.75) is 49.0 Å². The Bertz CT molecular complexity index is 1720. The van der Waals surface area contributed by atoms with Gasteiger partial charge in [-0.1, -0.05) is 42.5 Å². The normalized spacial score (nSPS) is 16.5. The lowest BCUT2D eigenvalue weighted by Crippen LogP contribution is -2.50. The van der Waals surface area contributed by atoms with E-state index in [0.717, 1.165) is 41.3 Å². The lowest BCUT2D eigenvalue weighted by Gasteiger charge is -2.45. The zero-order chi connectivity index (χ0) is 30.2. The van der Waals surface area contributed by atoms with Crippen LogP contribution in [-0.2, 0) is 33.9 Å². The number of halogens is 4. The molecule has 3 heterocycles. The summed E-state index contributed by atoms with van der Waals surface area (Å²) in [6.45, 7) is 0.797. The molecule has 0 unspecified atom stereocenters. The van der Waals surface area contributed by atoms with Crippen LogP contribution in [0, 0.1) is 5.82 Å². The lowest BCUT2D eigenvalue weighted by atomic mass is 9.82. The molecule has 6 rings (SSSR count). The van der Waals surface area contributed by atoms with E-state index in [9.17, 15) is 26.0 Å². The molecule has 5 nitrogen and oxygen atoms in total. The van der Waals surface area contributed by atoms with Crippen LogP contribution < -0.4 is 9.64 Å². The highest BCUT2D eigenvalue weighted by Gasteiger charge is 2.41. The van der Waals surface area contributed by atoms with Crippen molar-refractivity contribution in [1.82, 2.24) is 4.98 Å². The third-order valence-corrected chi connectivity index (χ3v) is 9.81. The Balaban J connectivity index is 1.10. The van der Waals surface area contributed by atoms with Crippen LogP contribution in [0.3, 0.4) is 0 Å². The number of hydrogen-bond donors (Lipinski definition) is 0. The molecule has 3 aromatic carbocycles. The molecular formula is C33H30F4N2O3S. The lowest BCUT2D eigenvalue weighted by molar-refractivity contribution is -0.139. The fourth-order valence-electron chi connectivity index (χ4n) is 6.00. The van der Waals surface area contributed by atoms with Crippen LogP contribution in [0.2, 0.25) is 0 Å². The molecule has 224 valence electrons. The minimum absolute atomic E-state index is 0.0256. The van der Waals surface area contributed by atoms with Crippen molar-refractivity contribution < 1.29 is 30.7 Å². The number of piperidine rings is 1. The Morgan fingerprint density at radius 3 is 2.30 bits per heavy atom. The molecule has 2 aliphatic heterocycles. The summed E-state index contributed by atoms with van der Waals surface area (Å²) >= 11 is 0. The monoisotopic (exact) mass is 610 g/mol. The van der Waals surface area contributed by atoms with E-state index in [1.807, 2.05) is 36.4 Å². The molecule has 1 spiro atoms. The molecule has 43 heavy (non-hydrogen) atoms. The molecule has 0 saturated carbocycles. The molecule has 10 heteroatoms. The summed E-state index contributed by atoms with van der Waals surface area (Å²) in [6.07, 6.45) is -0.461. The van der Waals surface area contributed by atoms with E-state index in [1.165, 1.54) is 12.1 Å². The predicted molar refractivity (Wildman–Crippen MR) is 157 cm³/mol. The first-order valence-electron chi connectivity index (χ1n) is 14.1. The van der Waals surface area contributed by atoms with Crippen molar-refractivity contribution in [3.8, 4) is 16.9 Å². The first kappa shape index (κ1) is 29.2. The molecule has 0 amide bonds. The number of nitrogens with zero attached hydrogens (tertiary/aromatic N) is 2. The summed E-state index contributed by atoms with van der Waals surface area (Å²) in [5.74, 6) is -0.623. The Hall–Kier alpha value is -3.92. The highest BCUT2D eigenvalue weighted by atomic mass is 32.2. The zero-order valence-corrected chi connectivity index (χ0v) is 24.1. The van der Waals surface area contributed by atoms with Crippen molar-refractivity contribution >= 4 is 15.5 Å². The number of hydrogen-bond acceptors (Lipinski definition) is 5. The quantitative estimate of drug-likeness (QED) is 0.213.